The Labute approximate surface area is 143 Å². The molecule has 4 heteroatoms. The summed E-state index contributed by atoms with van der Waals surface area (Å²) in [5, 5.41) is 3.64. The second-order valence-electron chi connectivity index (χ2n) is 8.10. The molecule has 2 heterocycles. The van der Waals surface area contributed by atoms with Crippen molar-refractivity contribution < 1.29 is 0 Å². The Bertz CT molecular complexity index is 370. The molecule has 1 unspecified atom stereocenters. The number of nitrogens with one attached hydrogen (secondary N) is 1. The lowest BCUT2D eigenvalue weighted by molar-refractivity contribution is 0.142. The molecule has 1 N–H and O–H groups in total. The molecule has 0 aromatic heterocycles. The molecule has 0 aromatic carbocycles. The van der Waals surface area contributed by atoms with Crippen molar-refractivity contribution in [3.05, 3.63) is 0 Å². The van der Waals surface area contributed by atoms with Gasteiger partial charge in [0.15, 0.2) is 5.96 Å². The summed E-state index contributed by atoms with van der Waals surface area (Å²) in [6.07, 6.45) is 9.27. The highest BCUT2D eigenvalue weighted by molar-refractivity contribution is 5.80. The van der Waals surface area contributed by atoms with Crippen molar-refractivity contribution in [3.8, 4) is 0 Å². The maximum Gasteiger partial charge on any atom is 0.193 e. The van der Waals surface area contributed by atoms with Gasteiger partial charge in [-0.2, -0.15) is 0 Å². The number of likely N-dealkylation sites (tertiary alicyclic amines) is 2. The molecule has 0 saturated carbocycles. The summed E-state index contributed by atoms with van der Waals surface area (Å²) in [7, 11) is 4.17. The van der Waals surface area contributed by atoms with Crippen molar-refractivity contribution in [2.45, 2.75) is 58.8 Å². The maximum atomic E-state index is 4.56. The largest absolute Gasteiger partial charge is 0.356 e. The average Bonchev–Trinajstić information content (AvgIpc) is 2.53. The van der Waals surface area contributed by atoms with E-state index in [4.69, 9.17) is 0 Å². The zero-order valence-electron chi connectivity index (χ0n) is 15.9. The van der Waals surface area contributed by atoms with Gasteiger partial charge in [0, 0.05) is 26.7 Å². The Kier molecular flexibility index (Phi) is 7.19. The van der Waals surface area contributed by atoms with Crippen molar-refractivity contribution >= 4 is 5.96 Å². The second-order valence-corrected chi connectivity index (χ2v) is 8.10. The van der Waals surface area contributed by atoms with E-state index >= 15 is 0 Å². The number of rotatable bonds is 5. The first-order valence-corrected chi connectivity index (χ1v) is 9.70. The molecule has 4 nitrogen and oxygen atoms in total. The summed E-state index contributed by atoms with van der Waals surface area (Å²) in [6.45, 7) is 10.7. The molecule has 2 aliphatic rings. The van der Waals surface area contributed by atoms with E-state index in [0.717, 1.165) is 31.5 Å². The van der Waals surface area contributed by atoms with E-state index in [9.17, 15) is 0 Å². The van der Waals surface area contributed by atoms with Crippen LogP contribution in [-0.4, -0.2) is 62.6 Å². The maximum absolute atomic E-state index is 4.56. The van der Waals surface area contributed by atoms with Crippen LogP contribution in [0.3, 0.4) is 0 Å². The third-order valence-corrected chi connectivity index (χ3v) is 5.82. The van der Waals surface area contributed by atoms with E-state index < -0.39 is 0 Å². The molecule has 134 valence electrons. The smallest absolute Gasteiger partial charge is 0.193 e. The quantitative estimate of drug-likeness (QED) is 0.623. The number of aliphatic imine (C=N–C) groups is 1. The van der Waals surface area contributed by atoms with Crippen LogP contribution in [0.15, 0.2) is 4.99 Å². The molecule has 0 aromatic rings. The van der Waals surface area contributed by atoms with E-state index in [-0.39, 0.29) is 0 Å². The fraction of sp³-hybridized carbons (Fsp3) is 0.947. The van der Waals surface area contributed by atoms with Gasteiger partial charge in [-0.1, -0.05) is 20.3 Å². The number of guanidine groups is 1. The molecule has 23 heavy (non-hydrogen) atoms. The monoisotopic (exact) mass is 322 g/mol. The summed E-state index contributed by atoms with van der Waals surface area (Å²) >= 11 is 0. The van der Waals surface area contributed by atoms with Crippen LogP contribution in [0.2, 0.25) is 0 Å². The molecule has 1 atom stereocenters. The molecule has 2 aliphatic heterocycles. The number of hydrogen-bond donors (Lipinski definition) is 1. The fourth-order valence-corrected chi connectivity index (χ4v) is 4.38. The minimum atomic E-state index is 0.471. The van der Waals surface area contributed by atoms with E-state index in [1.165, 1.54) is 58.0 Å². The highest BCUT2D eigenvalue weighted by Gasteiger charge is 2.31. The third kappa shape index (κ3) is 5.66. The molecule has 2 saturated heterocycles. The van der Waals surface area contributed by atoms with E-state index in [1.807, 2.05) is 7.05 Å². The topological polar surface area (TPSA) is 30.9 Å². The number of nitrogens with zero attached hydrogens (tertiary/aromatic N) is 3. The Morgan fingerprint density at radius 3 is 2.65 bits per heavy atom. The van der Waals surface area contributed by atoms with Crippen LogP contribution >= 0.6 is 0 Å². The Balaban J connectivity index is 1.76. The van der Waals surface area contributed by atoms with Crippen LogP contribution < -0.4 is 5.32 Å². The van der Waals surface area contributed by atoms with Gasteiger partial charge in [-0.05, 0) is 70.0 Å². The molecule has 2 rings (SSSR count). The summed E-state index contributed by atoms with van der Waals surface area (Å²) in [5.41, 5.74) is 0.471. The van der Waals surface area contributed by atoms with E-state index in [2.05, 4.69) is 41.0 Å². The van der Waals surface area contributed by atoms with Gasteiger partial charge in [0.25, 0.3) is 0 Å². The second kappa shape index (κ2) is 8.91. The lowest BCUT2D eigenvalue weighted by Crippen LogP contribution is -2.50. The molecular weight excluding hydrogens is 284 g/mol. The summed E-state index contributed by atoms with van der Waals surface area (Å²) in [4.78, 5) is 9.50. The Morgan fingerprint density at radius 2 is 2.00 bits per heavy atom. The SMILES string of the molecule is CCCC1(C)CCCN(C(=NC)NCCC2CCN(C)CC2)C1. The van der Waals surface area contributed by atoms with Crippen LogP contribution in [0.25, 0.3) is 0 Å². The Hall–Kier alpha value is -0.770. The molecule has 2 fully saturated rings. The minimum absolute atomic E-state index is 0.471. The molecule has 0 radical (unpaired) electrons. The van der Waals surface area contributed by atoms with Crippen molar-refractivity contribution in [3.63, 3.8) is 0 Å². The van der Waals surface area contributed by atoms with E-state index in [0.29, 0.717) is 5.41 Å². The Morgan fingerprint density at radius 1 is 1.26 bits per heavy atom. The van der Waals surface area contributed by atoms with Crippen LogP contribution in [0.4, 0.5) is 0 Å². The van der Waals surface area contributed by atoms with Gasteiger partial charge in [0.1, 0.15) is 0 Å². The third-order valence-electron chi connectivity index (χ3n) is 5.82. The lowest BCUT2D eigenvalue weighted by Gasteiger charge is -2.42. The van der Waals surface area contributed by atoms with Gasteiger partial charge >= 0.3 is 0 Å². The average molecular weight is 323 g/mol. The minimum Gasteiger partial charge on any atom is -0.356 e. The highest BCUT2D eigenvalue weighted by Crippen LogP contribution is 2.33. The fourth-order valence-electron chi connectivity index (χ4n) is 4.38. The van der Waals surface area contributed by atoms with Crippen molar-refractivity contribution in [2.75, 3.05) is 46.8 Å². The first-order chi connectivity index (χ1) is 11.1. The molecule has 0 aliphatic carbocycles. The zero-order valence-corrected chi connectivity index (χ0v) is 15.9. The number of hydrogen-bond acceptors (Lipinski definition) is 2. The van der Waals surface area contributed by atoms with Crippen LogP contribution in [-0.2, 0) is 0 Å². The summed E-state index contributed by atoms with van der Waals surface area (Å²) < 4.78 is 0. The molecule has 0 bridgehead atoms. The standard InChI is InChI=1S/C19H38N4/c1-5-10-19(2)11-6-13-23(16-19)18(20-3)21-12-7-17-8-14-22(4)15-9-17/h17H,5-16H2,1-4H3,(H,20,21). The van der Waals surface area contributed by atoms with Gasteiger partial charge < -0.3 is 15.1 Å². The van der Waals surface area contributed by atoms with Crippen molar-refractivity contribution in [2.24, 2.45) is 16.3 Å². The van der Waals surface area contributed by atoms with E-state index in [1.54, 1.807) is 0 Å². The van der Waals surface area contributed by atoms with Crippen LogP contribution in [0, 0.1) is 11.3 Å². The first kappa shape index (κ1) is 18.6. The zero-order chi connectivity index (χ0) is 16.7. The van der Waals surface area contributed by atoms with Gasteiger partial charge in [0.05, 0.1) is 0 Å². The predicted octanol–water partition coefficient (Wildman–Crippen LogP) is 3.20. The van der Waals surface area contributed by atoms with Crippen molar-refractivity contribution in [1.82, 2.24) is 15.1 Å². The number of piperidine rings is 2. The van der Waals surface area contributed by atoms with Gasteiger partial charge in [-0.3, -0.25) is 4.99 Å². The van der Waals surface area contributed by atoms with Gasteiger partial charge in [0.2, 0.25) is 0 Å². The lowest BCUT2D eigenvalue weighted by atomic mass is 9.78. The summed E-state index contributed by atoms with van der Waals surface area (Å²) in [5.74, 6) is 2.02. The highest BCUT2D eigenvalue weighted by atomic mass is 15.3. The van der Waals surface area contributed by atoms with Gasteiger partial charge in [-0.25, -0.2) is 0 Å². The van der Waals surface area contributed by atoms with Crippen LogP contribution in [0.5, 0.6) is 0 Å². The first-order valence-electron chi connectivity index (χ1n) is 9.70. The molecular formula is C19H38N4. The normalized spacial score (nSPS) is 28.2. The molecule has 0 amide bonds. The van der Waals surface area contributed by atoms with Crippen LogP contribution in [0.1, 0.15) is 58.8 Å². The van der Waals surface area contributed by atoms with Gasteiger partial charge in [-0.15, -0.1) is 0 Å². The summed E-state index contributed by atoms with van der Waals surface area (Å²) in [6, 6.07) is 0. The molecule has 0 spiro atoms. The predicted molar refractivity (Wildman–Crippen MR) is 100 cm³/mol. The van der Waals surface area contributed by atoms with Crippen molar-refractivity contribution in [1.29, 1.82) is 0 Å².